The molecule has 1 saturated heterocycles. The Morgan fingerprint density at radius 2 is 1.89 bits per heavy atom. The quantitative estimate of drug-likeness (QED) is 0.739. The first-order chi connectivity index (χ1) is 9.09. The van der Waals surface area contributed by atoms with E-state index in [1.807, 2.05) is 0 Å². The monoisotopic (exact) mass is 264 g/mol. The van der Waals surface area contributed by atoms with Gasteiger partial charge in [0.05, 0.1) is 18.9 Å². The summed E-state index contributed by atoms with van der Waals surface area (Å²) in [5.41, 5.74) is 1.51. The number of morpholine rings is 1. The number of nitrogens with zero attached hydrogens (tertiary/aromatic N) is 1. The standard InChI is InChI=1S/C14H20N2O3/c1-10-11(2)14(18)12(9-13(10)17)15-3-4-16-5-7-19-8-6-16/h9,15H,3-8H2,1-2H3. The van der Waals surface area contributed by atoms with Gasteiger partial charge >= 0.3 is 0 Å². The molecule has 0 unspecified atom stereocenters. The zero-order chi connectivity index (χ0) is 13.8. The van der Waals surface area contributed by atoms with Gasteiger partial charge in [-0.15, -0.1) is 0 Å². The number of allylic oxidation sites excluding steroid dienone is 3. The van der Waals surface area contributed by atoms with Crippen molar-refractivity contribution in [3.8, 4) is 0 Å². The smallest absolute Gasteiger partial charge is 0.205 e. The number of nitrogens with one attached hydrogen (secondary N) is 1. The Balaban J connectivity index is 1.84. The van der Waals surface area contributed by atoms with Gasteiger partial charge in [0, 0.05) is 43.4 Å². The van der Waals surface area contributed by atoms with Crippen molar-refractivity contribution in [2.45, 2.75) is 13.8 Å². The molecule has 1 aliphatic heterocycles. The first-order valence-electron chi connectivity index (χ1n) is 6.62. The van der Waals surface area contributed by atoms with E-state index in [1.54, 1.807) is 13.8 Å². The van der Waals surface area contributed by atoms with Crippen molar-refractivity contribution in [3.63, 3.8) is 0 Å². The zero-order valence-electron chi connectivity index (χ0n) is 11.5. The Morgan fingerprint density at radius 1 is 1.21 bits per heavy atom. The van der Waals surface area contributed by atoms with Crippen LogP contribution in [0.25, 0.3) is 0 Å². The van der Waals surface area contributed by atoms with Crippen LogP contribution in [0.15, 0.2) is 22.9 Å². The summed E-state index contributed by atoms with van der Waals surface area (Å²) in [4.78, 5) is 25.9. The number of Topliss-reactive ketones (excluding diaryl/α,β-unsaturated/α-hetero) is 1. The van der Waals surface area contributed by atoms with E-state index in [2.05, 4.69) is 10.2 Å². The Morgan fingerprint density at radius 3 is 2.58 bits per heavy atom. The molecule has 104 valence electrons. The van der Waals surface area contributed by atoms with Gasteiger partial charge in [-0.3, -0.25) is 14.5 Å². The lowest BCUT2D eigenvalue weighted by Crippen LogP contribution is -2.41. The summed E-state index contributed by atoms with van der Waals surface area (Å²) in [5, 5.41) is 3.07. The third kappa shape index (κ3) is 3.30. The van der Waals surface area contributed by atoms with Crippen molar-refractivity contribution in [2.24, 2.45) is 0 Å². The molecule has 0 aromatic heterocycles. The Labute approximate surface area is 113 Å². The summed E-state index contributed by atoms with van der Waals surface area (Å²) in [6.45, 7) is 8.28. The van der Waals surface area contributed by atoms with Crippen LogP contribution in [0.4, 0.5) is 0 Å². The molecule has 1 N–H and O–H groups in total. The van der Waals surface area contributed by atoms with E-state index in [0.717, 1.165) is 32.8 Å². The molecule has 0 aromatic carbocycles. The van der Waals surface area contributed by atoms with Crippen molar-refractivity contribution in [1.82, 2.24) is 10.2 Å². The van der Waals surface area contributed by atoms with E-state index in [4.69, 9.17) is 4.74 Å². The van der Waals surface area contributed by atoms with Gasteiger partial charge in [-0.25, -0.2) is 0 Å². The molecule has 5 nitrogen and oxygen atoms in total. The Bertz CT molecular complexity index is 446. The number of ether oxygens (including phenoxy) is 1. The fraction of sp³-hybridized carbons (Fsp3) is 0.571. The van der Waals surface area contributed by atoms with Gasteiger partial charge < -0.3 is 10.1 Å². The molecule has 0 saturated carbocycles. The van der Waals surface area contributed by atoms with Crippen LogP contribution >= 0.6 is 0 Å². The number of carbonyl (C=O) groups is 2. The molecular weight excluding hydrogens is 244 g/mol. The van der Waals surface area contributed by atoms with Crippen molar-refractivity contribution < 1.29 is 14.3 Å². The fourth-order valence-corrected chi connectivity index (χ4v) is 2.17. The van der Waals surface area contributed by atoms with Crippen LogP contribution in [0.3, 0.4) is 0 Å². The first kappa shape index (κ1) is 14.0. The molecule has 0 bridgehead atoms. The second kappa shape index (κ2) is 6.12. The molecule has 0 atom stereocenters. The minimum Gasteiger partial charge on any atom is -0.380 e. The molecule has 0 amide bonds. The molecule has 1 heterocycles. The maximum Gasteiger partial charge on any atom is 0.205 e. The average Bonchev–Trinajstić information content (AvgIpc) is 2.43. The minimum atomic E-state index is -0.0778. The predicted octanol–water partition coefficient (Wildman–Crippen LogP) is 0.280. The number of carbonyl (C=O) groups excluding carboxylic acids is 2. The molecule has 1 fully saturated rings. The van der Waals surface area contributed by atoms with Crippen LogP contribution in [-0.2, 0) is 14.3 Å². The molecule has 0 radical (unpaired) electrons. The van der Waals surface area contributed by atoms with Crippen molar-refractivity contribution in [2.75, 3.05) is 39.4 Å². The van der Waals surface area contributed by atoms with Gasteiger partial charge in [0.2, 0.25) is 5.78 Å². The van der Waals surface area contributed by atoms with Gasteiger partial charge in [-0.2, -0.15) is 0 Å². The van der Waals surface area contributed by atoms with Crippen molar-refractivity contribution in [1.29, 1.82) is 0 Å². The van der Waals surface area contributed by atoms with Crippen molar-refractivity contribution in [3.05, 3.63) is 22.9 Å². The first-order valence-corrected chi connectivity index (χ1v) is 6.62. The summed E-state index contributed by atoms with van der Waals surface area (Å²) in [7, 11) is 0. The minimum absolute atomic E-state index is 0.0703. The van der Waals surface area contributed by atoms with Gasteiger partial charge in [0.15, 0.2) is 5.78 Å². The fourth-order valence-electron chi connectivity index (χ4n) is 2.17. The molecule has 5 heteroatoms. The van der Waals surface area contributed by atoms with Crippen molar-refractivity contribution >= 4 is 11.6 Å². The molecule has 2 aliphatic rings. The second-order valence-corrected chi connectivity index (χ2v) is 4.88. The van der Waals surface area contributed by atoms with E-state index in [0.29, 0.717) is 23.4 Å². The van der Waals surface area contributed by atoms with Crippen LogP contribution < -0.4 is 5.32 Å². The zero-order valence-corrected chi connectivity index (χ0v) is 11.5. The van der Waals surface area contributed by atoms with E-state index in [9.17, 15) is 9.59 Å². The van der Waals surface area contributed by atoms with Crippen LogP contribution in [0, 0.1) is 0 Å². The van der Waals surface area contributed by atoms with Crippen LogP contribution in [0.5, 0.6) is 0 Å². The molecule has 0 spiro atoms. The number of hydrogen-bond acceptors (Lipinski definition) is 5. The summed E-state index contributed by atoms with van der Waals surface area (Å²) in [5.74, 6) is -0.148. The highest BCUT2D eigenvalue weighted by atomic mass is 16.5. The Kier molecular flexibility index (Phi) is 4.50. The summed E-state index contributed by atoms with van der Waals surface area (Å²) < 4.78 is 5.27. The van der Waals surface area contributed by atoms with Gasteiger partial charge in [0.25, 0.3) is 0 Å². The largest absolute Gasteiger partial charge is 0.380 e. The maximum atomic E-state index is 12.0. The van der Waals surface area contributed by atoms with Crippen LogP contribution in [0.2, 0.25) is 0 Å². The average molecular weight is 264 g/mol. The Hall–Kier alpha value is -1.46. The summed E-state index contributed by atoms with van der Waals surface area (Å²) >= 11 is 0. The molecular formula is C14H20N2O3. The highest BCUT2D eigenvalue weighted by molar-refractivity contribution is 6.21. The summed E-state index contributed by atoms with van der Waals surface area (Å²) in [6, 6.07) is 0. The highest BCUT2D eigenvalue weighted by Gasteiger charge is 2.22. The van der Waals surface area contributed by atoms with E-state index < -0.39 is 0 Å². The predicted molar refractivity (Wildman–Crippen MR) is 71.7 cm³/mol. The summed E-state index contributed by atoms with van der Waals surface area (Å²) in [6.07, 6.45) is 1.41. The highest BCUT2D eigenvalue weighted by Crippen LogP contribution is 2.16. The third-order valence-corrected chi connectivity index (χ3v) is 3.64. The second-order valence-electron chi connectivity index (χ2n) is 4.88. The lowest BCUT2D eigenvalue weighted by molar-refractivity contribution is -0.116. The SMILES string of the molecule is CC1=C(C)C(=O)C(NCCN2CCOCC2)=CC1=O. The van der Waals surface area contributed by atoms with Crippen LogP contribution in [0.1, 0.15) is 13.8 Å². The van der Waals surface area contributed by atoms with E-state index in [1.165, 1.54) is 6.08 Å². The normalized spacial score (nSPS) is 21.7. The van der Waals surface area contributed by atoms with E-state index >= 15 is 0 Å². The number of ketones is 2. The lowest BCUT2D eigenvalue weighted by Gasteiger charge is -2.27. The van der Waals surface area contributed by atoms with Gasteiger partial charge in [-0.05, 0) is 13.8 Å². The van der Waals surface area contributed by atoms with Gasteiger partial charge in [-0.1, -0.05) is 0 Å². The number of hydrogen-bond donors (Lipinski definition) is 1. The van der Waals surface area contributed by atoms with Crippen LogP contribution in [-0.4, -0.2) is 55.9 Å². The lowest BCUT2D eigenvalue weighted by atomic mass is 9.95. The topological polar surface area (TPSA) is 58.6 Å². The molecule has 1 aliphatic carbocycles. The maximum absolute atomic E-state index is 12.0. The molecule has 0 aromatic rings. The molecule has 19 heavy (non-hydrogen) atoms. The van der Waals surface area contributed by atoms with Gasteiger partial charge in [0.1, 0.15) is 0 Å². The molecule has 2 rings (SSSR count). The third-order valence-electron chi connectivity index (χ3n) is 3.64. The number of rotatable bonds is 4. The van der Waals surface area contributed by atoms with E-state index in [-0.39, 0.29) is 11.6 Å².